The first kappa shape index (κ1) is 25.0. The fourth-order valence-electron chi connectivity index (χ4n) is 3.13. The van der Waals surface area contributed by atoms with Gasteiger partial charge in [-0.2, -0.15) is 0 Å². The predicted molar refractivity (Wildman–Crippen MR) is 125 cm³/mol. The van der Waals surface area contributed by atoms with Crippen LogP contribution in [-0.4, -0.2) is 70.1 Å². The van der Waals surface area contributed by atoms with E-state index < -0.39 is 0 Å². The molecule has 7 heteroatoms. The first-order valence-electron chi connectivity index (χ1n) is 10.1. The third-order valence-electron chi connectivity index (χ3n) is 4.53. The molecular formula is C21H36IN3O3. The van der Waals surface area contributed by atoms with Gasteiger partial charge >= 0.3 is 0 Å². The van der Waals surface area contributed by atoms with Crippen LogP contribution < -0.4 is 10.1 Å². The highest BCUT2D eigenvalue weighted by atomic mass is 127. The molecule has 0 bridgehead atoms. The van der Waals surface area contributed by atoms with E-state index in [0.717, 1.165) is 63.8 Å². The lowest BCUT2D eigenvalue weighted by atomic mass is 10.1. The van der Waals surface area contributed by atoms with Gasteiger partial charge in [0.05, 0.1) is 12.6 Å². The predicted octanol–water partition coefficient (Wildman–Crippen LogP) is 3.47. The van der Waals surface area contributed by atoms with Gasteiger partial charge in [-0.25, -0.2) is 4.99 Å². The molecule has 0 spiro atoms. The molecule has 0 saturated carbocycles. The molecule has 0 unspecified atom stereocenters. The maximum absolute atomic E-state index is 5.94. The summed E-state index contributed by atoms with van der Waals surface area (Å²) in [5, 5.41) is 3.40. The van der Waals surface area contributed by atoms with Crippen LogP contribution in [0, 0.1) is 6.92 Å². The molecule has 1 N–H and O–H groups in total. The van der Waals surface area contributed by atoms with E-state index in [1.54, 1.807) is 7.11 Å². The highest BCUT2D eigenvalue weighted by molar-refractivity contribution is 14.0. The SMILES string of the molecule is CCNC(=NCCOc1cccc(C)c1)N1CCC(OCCCOC)CC1.I. The second kappa shape index (κ2) is 14.9. The standard InChI is InChI=1S/C21H35N3O3.HI/c1-4-22-21(23-11-16-27-20-8-5-7-18(2)17-20)24-12-9-19(10-13-24)26-15-6-14-25-3;/h5,7-8,17,19H,4,6,9-16H2,1-3H3,(H,22,23);1H. The van der Waals surface area contributed by atoms with Gasteiger partial charge in [-0.3, -0.25) is 0 Å². The minimum atomic E-state index is 0. The monoisotopic (exact) mass is 505 g/mol. The lowest BCUT2D eigenvalue weighted by molar-refractivity contribution is 0.00990. The van der Waals surface area contributed by atoms with Gasteiger partial charge in [0, 0.05) is 40.0 Å². The number of hydrogen-bond acceptors (Lipinski definition) is 4. The van der Waals surface area contributed by atoms with Gasteiger partial charge in [0.1, 0.15) is 12.4 Å². The van der Waals surface area contributed by atoms with Crippen LogP contribution in [0.15, 0.2) is 29.3 Å². The molecule has 1 aliphatic heterocycles. The molecule has 1 aliphatic rings. The van der Waals surface area contributed by atoms with Gasteiger partial charge in [0.25, 0.3) is 0 Å². The van der Waals surface area contributed by atoms with Gasteiger partial charge in [0.2, 0.25) is 0 Å². The number of methoxy groups -OCH3 is 1. The zero-order valence-corrected chi connectivity index (χ0v) is 19.8. The number of piperidine rings is 1. The number of guanidine groups is 1. The quantitative estimate of drug-likeness (QED) is 0.229. The van der Waals surface area contributed by atoms with Crippen molar-refractivity contribution in [3.8, 4) is 5.75 Å². The largest absolute Gasteiger partial charge is 0.492 e. The summed E-state index contributed by atoms with van der Waals surface area (Å²) in [5.41, 5.74) is 1.21. The lowest BCUT2D eigenvalue weighted by Crippen LogP contribution is -2.47. The highest BCUT2D eigenvalue weighted by Crippen LogP contribution is 2.15. The fraction of sp³-hybridized carbons (Fsp3) is 0.667. The molecule has 0 atom stereocenters. The molecule has 1 fully saturated rings. The number of aliphatic imine (C=N–C) groups is 1. The summed E-state index contributed by atoms with van der Waals surface area (Å²) in [6.45, 7) is 9.75. The Balaban J connectivity index is 0.00000392. The van der Waals surface area contributed by atoms with Crippen LogP contribution in [0.4, 0.5) is 0 Å². The Morgan fingerprint density at radius 3 is 2.68 bits per heavy atom. The Morgan fingerprint density at radius 1 is 1.21 bits per heavy atom. The van der Waals surface area contributed by atoms with Gasteiger partial charge in [0.15, 0.2) is 5.96 Å². The smallest absolute Gasteiger partial charge is 0.194 e. The topological polar surface area (TPSA) is 55.3 Å². The van der Waals surface area contributed by atoms with Crippen LogP contribution in [0.25, 0.3) is 0 Å². The average Bonchev–Trinajstić information content (AvgIpc) is 2.68. The molecule has 160 valence electrons. The molecule has 0 amide bonds. The number of nitrogens with one attached hydrogen (secondary N) is 1. The van der Waals surface area contributed by atoms with E-state index in [1.807, 2.05) is 18.2 Å². The number of aryl methyl sites for hydroxylation is 1. The summed E-state index contributed by atoms with van der Waals surface area (Å²) in [6.07, 6.45) is 3.39. The molecule has 0 aliphatic carbocycles. The molecule has 1 heterocycles. The molecule has 6 nitrogen and oxygen atoms in total. The Labute approximate surface area is 187 Å². The van der Waals surface area contributed by atoms with Crippen LogP contribution in [-0.2, 0) is 9.47 Å². The Kier molecular flexibility index (Phi) is 13.3. The molecule has 1 saturated heterocycles. The zero-order chi connectivity index (χ0) is 19.3. The number of benzene rings is 1. The highest BCUT2D eigenvalue weighted by Gasteiger charge is 2.21. The maximum Gasteiger partial charge on any atom is 0.194 e. The van der Waals surface area contributed by atoms with Crippen LogP contribution in [0.1, 0.15) is 31.7 Å². The van der Waals surface area contributed by atoms with Crippen LogP contribution in [0.3, 0.4) is 0 Å². The van der Waals surface area contributed by atoms with E-state index in [0.29, 0.717) is 19.3 Å². The Hall–Kier alpha value is -1.06. The van der Waals surface area contributed by atoms with Crippen LogP contribution in [0.5, 0.6) is 5.75 Å². The van der Waals surface area contributed by atoms with Gasteiger partial charge < -0.3 is 24.4 Å². The van der Waals surface area contributed by atoms with Crippen LogP contribution >= 0.6 is 24.0 Å². The average molecular weight is 505 g/mol. The van der Waals surface area contributed by atoms with Crippen molar-refractivity contribution in [2.75, 3.05) is 53.1 Å². The summed E-state index contributed by atoms with van der Waals surface area (Å²) in [4.78, 5) is 7.06. The number of likely N-dealkylation sites (tertiary alicyclic amines) is 1. The summed E-state index contributed by atoms with van der Waals surface area (Å²) in [7, 11) is 1.73. The first-order chi connectivity index (χ1) is 13.2. The van der Waals surface area contributed by atoms with E-state index in [2.05, 4.69) is 30.1 Å². The van der Waals surface area contributed by atoms with Crippen molar-refractivity contribution in [3.63, 3.8) is 0 Å². The van der Waals surface area contributed by atoms with Gasteiger partial charge in [-0.05, 0) is 50.8 Å². The van der Waals surface area contributed by atoms with E-state index in [1.165, 1.54) is 5.56 Å². The Bertz CT molecular complexity index is 564. The van der Waals surface area contributed by atoms with Gasteiger partial charge in [-0.1, -0.05) is 12.1 Å². The van der Waals surface area contributed by atoms with Crippen molar-refractivity contribution in [3.05, 3.63) is 29.8 Å². The number of ether oxygens (including phenoxy) is 3. The lowest BCUT2D eigenvalue weighted by Gasteiger charge is -2.34. The second-order valence-corrected chi connectivity index (χ2v) is 6.80. The number of hydrogen-bond donors (Lipinski definition) is 1. The minimum absolute atomic E-state index is 0. The number of nitrogens with zero attached hydrogens (tertiary/aromatic N) is 2. The summed E-state index contributed by atoms with van der Waals surface area (Å²) in [5.74, 6) is 1.88. The molecule has 2 rings (SSSR count). The second-order valence-electron chi connectivity index (χ2n) is 6.80. The first-order valence-corrected chi connectivity index (χ1v) is 10.1. The third kappa shape index (κ3) is 9.43. The van der Waals surface area contributed by atoms with Crippen molar-refractivity contribution in [2.45, 2.75) is 39.2 Å². The molecule has 28 heavy (non-hydrogen) atoms. The minimum Gasteiger partial charge on any atom is -0.492 e. The van der Waals surface area contributed by atoms with Crippen molar-refractivity contribution in [1.29, 1.82) is 0 Å². The van der Waals surface area contributed by atoms with E-state index >= 15 is 0 Å². The normalized spacial score (nSPS) is 15.2. The number of halogens is 1. The van der Waals surface area contributed by atoms with Crippen molar-refractivity contribution < 1.29 is 14.2 Å². The van der Waals surface area contributed by atoms with E-state index in [9.17, 15) is 0 Å². The third-order valence-corrected chi connectivity index (χ3v) is 4.53. The van der Waals surface area contributed by atoms with E-state index in [-0.39, 0.29) is 24.0 Å². The summed E-state index contributed by atoms with van der Waals surface area (Å²) in [6, 6.07) is 8.12. The van der Waals surface area contributed by atoms with E-state index in [4.69, 9.17) is 19.2 Å². The number of rotatable bonds is 10. The molecule has 0 radical (unpaired) electrons. The van der Waals surface area contributed by atoms with Crippen molar-refractivity contribution in [2.24, 2.45) is 4.99 Å². The summed E-state index contributed by atoms with van der Waals surface area (Å²) < 4.78 is 16.8. The van der Waals surface area contributed by atoms with Crippen molar-refractivity contribution in [1.82, 2.24) is 10.2 Å². The molecule has 1 aromatic carbocycles. The summed E-state index contributed by atoms with van der Waals surface area (Å²) >= 11 is 0. The molecular weight excluding hydrogens is 469 g/mol. The Morgan fingerprint density at radius 2 is 2.00 bits per heavy atom. The molecule has 1 aromatic rings. The van der Waals surface area contributed by atoms with Crippen molar-refractivity contribution >= 4 is 29.9 Å². The molecule has 0 aromatic heterocycles. The van der Waals surface area contributed by atoms with Crippen LogP contribution in [0.2, 0.25) is 0 Å². The van der Waals surface area contributed by atoms with Gasteiger partial charge in [-0.15, -0.1) is 24.0 Å². The zero-order valence-electron chi connectivity index (χ0n) is 17.5. The maximum atomic E-state index is 5.94. The fourth-order valence-corrected chi connectivity index (χ4v) is 3.13.